The predicted octanol–water partition coefficient (Wildman–Crippen LogP) is 8.27. The molecule has 1 fully saturated rings. The van der Waals surface area contributed by atoms with Gasteiger partial charge in [0.25, 0.3) is 0 Å². The molecule has 3 heterocycles. The fourth-order valence-electron chi connectivity index (χ4n) is 5.55. The van der Waals surface area contributed by atoms with Crippen LogP contribution in [-0.4, -0.2) is 57.4 Å². The number of rotatable bonds is 13. The molecule has 244 valence electrons. The van der Waals surface area contributed by atoms with Crippen molar-refractivity contribution in [2.75, 3.05) is 19.0 Å². The van der Waals surface area contributed by atoms with Crippen molar-refractivity contribution in [2.45, 2.75) is 57.6 Å². The zero-order valence-electron chi connectivity index (χ0n) is 27.2. The highest BCUT2D eigenvalue weighted by atomic mass is 35.5. The van der Waals surface area contributed by atoms with Crippen LogP contribution in [0.15, 0.2) is 79.4 Å². The third-order valence-corrected chi connectivity index (χ3v) is 10.3. The first-order chi connectivity index (χ1) is 22.7. The number of imidazole rings is 1. The van der Waals surface area contributed by atoms with Gasteiger partial charge in [0, 0.05) is 42.7 Å². The average Bonchev–Trinajstić information content (AvgIpc) is 3.53. The minimum absolute atomic E-state index is 0.0136. The molecule has 0 spiro atoms. The second kappa shape index (κ2) is 14.2. The minimum atomic E-state index is -1.26. The van der Waals surface area contributed by atoms with E-state index >= 15 is 0 Å². The van der Waals surface area contributed by atoms with Crippen LogP contribution in [0.25, 0.3) is 28.1 Å². The Morgan fingerprint density at radius 2 is 1.83 bits per heavy atom. The van der Waals surface area contributed by atoms with E-state index in [9.17, 15) is 4.79 Å². The standard InChI is InChI=1S/C35H40ClN7O3Si/c1-45-35(44)40-28-11-7-25(8-12-28)33-22-38-34(42(33)23-46-17-18-47(2,3)4)30(19-24-5-6-24)31-13-9-26(21-37-31)29-20-27(36)10-14-32(29)43-16-15-39-41-43/h7-16,20-22,24,30H,5-6,17-19,23H2,1-4H3,(H,40,44). The molecule has 1 aliphatic carbocycles. The lowest BCUT2D eigenvalue weighted by Gasteiger charge is -2.21. The van der Waals surface area contributed by atoms with E-state index in [-0.39, 0.29) is 5.92 Å². The van der Waals surface area contributed by atoms with Gasteiger partial charge < -0.3 is 14.0 Å². The molecule has 6 rings (SSSR count). The quantitative estimate of drug-likeness (QED) is 0.0993. The van der Waals surface area contributed by atoms with E-state index in [0.29, 0.717) is 30.0 Å². The molecular weight excluding hydrogens is 630 g/mol. The molecule has 47 heavy (non-hydrogen) atoms. The number of methoxy groups -OCH3 is 1. The molecule has 10 nitrogen and oxygen atoms in total. The number of benzene rings is 2. The van der Waals surface area contributed by atoms with Crippen molar-refractivity contribution in [3.05, 3.63) is 95.9 Å². The van der Waals surface area contributed by atoms with Crippen molar-refractivity contribution in [3.63, 3.8) is 0 Å². The van der Waals surface area contributed by atoms with Crippen LogP contribution in [0.4, 0.5) is 10.5 Å². The van der Waals surface area contributed by atoms with Gasteiger partial charge >= 0.3 is 6.09 Å². The SMILES string of the molecule is COC(=O)Nc1ccc(-c2cnc(C(CC3CC3)c3ccc(-c4cc(Cl)ccc4-n4ccnn4)cn3)n2COCC[Si](C)(C)C)cc1. The number of hydrogen-bond donors (Lipinski definition) is 1. The number of halogens is 1. The summed E-state index contributed by atoms with van der Waals surface area (Å²) in [4.78, 5) is 21.8. The second-order valence-electron chi connectivity index (χ2n) is 13.2. The van der Waals surface area contributed by atoms with Crippen molar-refractivity contribution in [1.82, 2.24) is 29.5 Å². The maximum atomic E-state index is 11.7. The molecule has 1 aliphatic rings. The molecule has 0 bridgehead atoms. The summed E-state index contributed by atoms with van der Waals surface area (Å²) in [5.41, 5.74) is 6.27. The Bertz CT molecular complexity index is 1800. The van der Waals surface area contributed by atoms with Crippen LogP contribution in [0, 0.1) is 5.92 Å². The smallest absolute Gasteiger partial charge is 0.411 e. The maximum absolute atomic E-state index is 11.7. The average molecular weight is 670 g/mol. The fraction of sp³-hybridized carbons (Fsp3) is 0.343. The third-order valence-electron chi connectivity index (χ3n) is 8.38. The second-order valence-corrected chi connectivity index (χ2v) is 19.2. The molecule has 1 unspecified atom stereocenters. The Hall–Kier alpha value is -4.32. The van der Waals surface area contributed by atoms with Gasteiger partial charge in [0.15, 0.2) is 0 Å². The Morgan fingerprint density at radius 1 is 1.04 bits per heavy atom. The number of nitrogens with one attached hydrogen (secondary N) is 1. The summed E-state index contributed by atoms with van der Waals surface area (Å²) < 4.78 is 15.0. The normalized spacial score (nSPS) is 13.8. The van der Waals surface area contributed by atoms with E-state index in [2.05, 4.69) is 52.0 Å². The van der Waals surface area contributed by atoms with Gasteiger partial charge in [-0.15, -0.1) is 5.10 Å². The van der Waals surface area contributed by atoms with Crippen molar-refractivity contribution < 1.29 is 14.3 Å². The van der Waals surface area contributed by atoms with Crippen molar-refractivity contribution in [3.8, 4) is 28.1 Å². The van der Waals surface area contributed by atoms with Gasteiger partial charge in [0.2, 0.25) is 0 Å². The number of pyridine rings is 1. The van der Waals surface area contributed by atoms with Gasteiger partial charge in [-0.25, -0.2) is 14.5 Å². The lowest BCUT2D eigenvalue weighted by Crippen LogP contribution is -2.22. The monoisotopic (exact) mass is 669 g/mol. The largest absolute Gasteiger partial charge is 0.453 e. The molecule has 1 saturated carbocycles. The first kappa shape index (κ1) is 32.6. The molecule has 5 aromatic rings. The number of carbonyl (C=O) groups is 1. The number of anilines is 1. The Morgan fingerprint density at radius 3 is 2.49 bits per heavy atom. The first-order valence-corrected chi connectivity index (χ1v) is 20.0. The van der Waals surface area contributed by atoms with Crippen LogP contribution in [0.1, 0.15) is 36.7 Å². The van der Waals surface area contributed by atoms with Gasteiger partial charge in [-0.3, -0.25) is 10.3 Å². The highest BCUT2D eigenvalue weighted by Crippen LogP contribution is 2.42. The summed E-state index contributed by atoms with van der Waals surface area (Å²) in [6, 6.07) is 18.7. The number of aromatic nitrogens is 6. The lowest BCUT2D eigenvalue weighted by molar-refractivity contribution is 0.0855. The van der Waals surface area contributed by atoms with Crippen LogP contribution in [-0.2, 0) is 16.2 Å². The van der Waals surface area contributed by atoms with Gasteiger partial charge in [0.05, 0.1) is 48.7 Å². The number of carbonyl (C=O) groups excluding carboxylic acids is 1. The lowest BCUT2D eigenvalue weighted by atomic mass is 9.95. The maximum Gasteiger partial charge on any atom is 0.411 e. The Labute approximate surface area is 281 Å². The van der Waals surface area contributed by atoms with Crippen LogP contribution in [0.3, 0.4) is 0 Å². The summed E-state index contributed by atoms with van der Waals surface area (Å²) in [5, 5.41) is 11.5. The third kappa shape index (κ3) is 8.16. The predicted molar refractivity (Wildman–Crippen MR) is 187 cm³/mol. The molecule has 1 atom stereocenters. The zero-order chi connectivity index (χ0) is 33.0. The molecule has 2 aromatic carbocycles. The van der Waals surface area contributed by atoms with E-state index in [1.807, 2.05) is 61.1 Å². The number of amides is 1. The van der Waals surface area contributed by atoms with Crippen LogP contribution in [0.2, 0.25) is 30.7 Å². The number of nitrogens with zero attached hydrogens (tertiary/aromatic N) is 6. The fourth-order valence-corrected chi connectivity index (χ4v) is 6.48. The van der Waals surface area contributed by atoms with Crippen LogP contribution >= 0.6 is 11.6 Å². The van der Waals surface area contributed by atoms with E-state index < -0.39 is 14.2 Å². The molecule has 3 aromatic heterocycles. The summed E-state index contributed by atoms with van der Waals surface area (Å²) in [5.74, 6) is 1.56. The molecule has 0 radical (unpaired) electrons. The summed E-state index contributed by atoms with van der Waals surface area (Å²) in [6.07, 6.45) is 10.2. The van der Waals surface area contributed by atoms with Gasteiger partial charge in [0.1, 0.15) is 12.6 Å². The molecule has 1 amide bonds. The van der Waals surface area contributed by atoms with Gasteiger partial charge in [-0.1, -0.05) is 67.5 Å². The zero-order valence-corrected chi connectivity index (χ0v) is 28.9. The van der Waals surface area contributed by atoms with E-state index in [0.717, 1.165) is 52.1 Å². The van der Waals surface area contributed by atoms with Crippen molar-refractivity contribution in [1.29, 1.82) is 0 Å². The van der Waals surface area contributed by atoms with Crippen molar-refractivity contribution >= 4 is 31.5 Å². The van der Waals surface area contributed by atoms with E-state index in [1.165, 1.54) is 20.0 Å². The van der Waals surface area contributed by atoms with E-state index in [1.54, 1.807) is 10.9 Å². The summed E-state index contributed by atoms with van der Waals surface area (Å²) in [7, 11) is 0.0850. The molecule has 1 N–H and O–H groups in total. The van der Waals surface area contributed by atoms with Crippen LogP contribution in [0.5, 0.6) is 0 Å². The first-order valence-electron chi connectivity index (χ1n) is 15.9. The molecule has 0 saturated heterocycles. The molecular formula is C35H40ClN7O3Si. The van der Waals surface area contributed by atoms with E-state index in [4.69, 9.17) is 31.0 Å². The van der Waals surface area contributed by atoms with Crippen molar-refractivity contribution in [2.24, 2.45) is 5.92 Å². The highest BCUT2D eigenvalue weighted by Gasteiger charge is 2.31. The van der Waals surface area contributed by atoms with Gasteiger partial charge in [-0.2, -0.15) is 0 Å². The van der Waals surface area contributed by atoms with Gasteiger partial charge in [-0.05, 0) is 60.3 Å². The molecule has 0 aliphatic heterocycles. The highest BCUT2D eigenvalue weighted by molar-refractivity contribution is 6.76. The number of ether oxygens (including phenoxy) is 2. The minimum Gasteiger partial charge on any atom is -0.453 e. The topological polar surface area (TPSA) is 109 Å². The number of hydrogen-bond acceptors (Lipinski definition) is 7. The Balaban J connectivity index is 1.34. The molecule has 12 heteroatoms. The summed E-state index contributed by atoms with van der Waals surface area (Å²) in [6.45, 7) is 8.15. The van der Waals surface area contributed by atoms with Crippen LogP contribution < -0.4 is 5.32 Å². The summed E-state index contributed by atoms with van der Waals surface area (Å²) >= 11 is 6.43. The Kier molecular flexibility index (Phi) is 9.86.